The third-order valence-corrected chi connectivity index (χ3v) is 8.83. The highest BCUT2D eigenvalue weighted by molar-refractivity contribution is 6.33. The second-order valence-electron chi connectivity index (χ2n) is 12.0. The van der Waals surface area contributed by atoms with Crippen molar-refractivity contribution < 1.29 is 38.1 Å². The third kappa shape index (κ3) is 8.77. The zero-order valence-corrected chi connectivity index (χ0v) is 28.3. The van der Waals surface area contributed by atoms with Crippen molar-refractivity contribution in [2.45, 2.75) is 50.8 Å². The van der Waals surface area contributed by atoms with Gasteiger partial charge in [-0.2, -0.15) is 0 Å². The number of ether oxygens (including phenoxy) is 4. The molecule has 6 rings (SSSR count). The summed E-state index contributed by atoms with van der Waals surface area (Å²) in [6.45, 7) is 1.01. The molecule has 0 spiro atoms. The number of Topliss-reactive ketones (excluding diaryl/α,β-unsaturated/α-hetero) is 1. The van der Waals surface area contributed by atoms with Crippen molar-refractivity contribution >= 4 is 46.4 Å². The highest BCUT2D eigenvalue weighted by atomic mass is 35.5. The Kier molecular flexibility index (Phi) is 11.3. The van der Waals surface area contributed by atoms with Crippen LogP contribution < -0.4 is 5.32 Å². The number of esters is 2. The lowest BCUT2D eigenvalue weighted by atomic mass is 9.88. The maximum absolute atomic E-state index is 14.3. The number of hydrogen-bond donors (Lipinski definition) is 1. The van der Waals surface area contributed by atoms with Crippen LogP contribution in [-0.2, 0) is 41.6 Å². The van der Waals surface area contributed by atoms with Gasteiger partial charge < -0.3 is 28.8 Å². The minimum atomic E-state index is -1.03. The van der Waals surface area contributed by atoms with E-state index in [1.54, 1.807) is 47.2 Å². The first kappa shape index (κ1) is 35.2. The molecular weight excluding hydrogens is 676 g/mol. The number of alkyl carbamates (subject to hydrolysis) is 1. The van der Waals surface area contributed by atoms with E-state index in [0.29, 0.717) is 16.6 Å². The molecule has 0 aliphatic carbocycles. The second kappa shape index (κ2) is 16.4. The number of nitrogens with zero attached hydrogens (tertiary/aromatic N) is 3. The van der Waals surface area contributed by atoms with E-state index in [0.717, 1.165) is 11.1 Å². The van der Waals surface area contributed by atoms with Crippen LogP contribution in [0.5, 0.6) is 0 Å². The number of hydrogen-bond acceptors (Lipinski definition) is 10. The normalized spacial score (nSPS) is 18.9. The fraction of sp³-hybridized carbons (Fsp3) is 0.263. The smallest absolute Gasteiger partial charge is 0.408 e. The monoisotopic (exact) mass is 710 g/mol. The van der Waals surface area contributed by atoms with Crippen LogP contribution in [0.1, 0.15) is 41.1 Å². The highest BCUT2D eigenvalue weighted by Gasteiger charge is 2.50. The number of amides is 1. The second-order valence-corrected chi connectivity index (χ2v) is 12.4. The largest absolute Gasteiger partial charge is 0.459 e. The van der Waals surface area contributed by atoms with Crippen molar-refractivity contribution in [1.29, 1.82) is 0 Å². The fourth-order valence-corrected chi connectivity index (χ4v) is 6.28. The molecule has 1 unspecified atom stereocenters. The van der Waals surface area contributed by atoms with Gasteiger partial charge in [-0.3, -0.25) is 9.59 Å². The standard InChI is InChI=1S/C38H35ClN4O8/c1-24(44)50-33-29(20-31(45)30(19-25-11-5-2-6-12-25)42-38(47)49-21-26-13-7-3-8-14-26)32(22-48-37(46)27-15-9-4-10-16-27)51-36(33)43-18-17-28-34(39)40-23-41-35(28)43/h2-18,23,29-30,32-33,36H,19-22H2,1H3,(H,42,47)/t29-,30-,32+,33?,36+/m0/s1. The molecular formula is C38H35ClN4O8. The number of ketones is 1. The lowest BCUT2D eigenvalue weighted by Gasteiger charge is -2.26. The number of aromatic nitrogens is 3. The number of nitrogens with one attached hydrogen (secondary N) is 1. The van der Waals surface area contributed by atoms with Gasteiger partial charge in [-0.25, -0.2) is 19.6 Å². The first-order valence-corrected chi connectivity index (χ1v) is 16.7. The van der Waals surface area contributed by atoms with Crippen molar-refractivity contribution in [2.75, 3.05) is 6.61 Å². The van der Waals surface area contributed by atoms with Gasteiger partial charge in [-0.15, -0.1) is 0 Å². The van der Waals surface area contributed by atoms with Crippen LogP contribution in [0.4, 0.5) is 4.79 Å². The van der Waals surface area contributed by atoms with Crippen molar-refractivity contribution in [1.82, 2.24) is 19.9 Å². The Balaban J connectivity index is 1.29. The molecule has 1 amide bonds. The van der Waals surface area contributed by atoms with E-state index in [9.17, 15) is 19.2 Å². The van der Waals surface area contributed by atoms with E-state index in [1.165, 1.54) is 13.3 Å². The van der Waals surface area contributed by atoms with Gasteiger partial charge in [0.2, 0.25) is 0 Å². The zero-order chi connectivity index (χ0) is 35.7. The van der Waals surface area contributed by atoms with Crippen LogP contribution in [0.3, 0.4) is 0 Å². The molecule has 1 saturated heterocycles. The predicted molar refractivity (Wildman–Crippen MR) is 186 cm³/mol. The summed E-state index contributed by atoms with van der Waals surface area (Å²) in [5.41, 5.74) is 2.34. The third-order valence-electron chi connectivity index (χ3n) is 8.53. The lowest BCUT2D eigenvalue weighted by molar-refractivity contribution is -0.154. The van der Waals surface area contributed by atoms with E-state index < -0.39 is 48.4 Å². The SMILES string of the molecule is CC(=O)OC1[C@@H](CC(=O)[C@H](Cc2ccccc2)NC(=O)OCc2ccccc2)[C@@H](COC(=O)c2ccccc2)O[C@H]1n1ccc2c(Cl)ncnc21. The van der Waals surface area contributed by atoms with Crippen LogP contribution in [0.15, 0.2) is 110 Å². The summed E-state index contributed by atoms with van der Waals surface area (Å²) in [7, 11) is 0. The molecule has 13 heteroatoms. The molecule has 5 aromatic rings. The molecule has 1 aliphatic rings. The van der Waals surface area contributed by atoms with Crippen LogP contribution in [0.25, 0.3) is 11.0 Å². The van der Waals surface area contributed by atoms with Crippen molar-refractivity contribution in [3.8, 4) is 0 Å². The van der Waals surface area contributed by atoms with E-state index >= 15 is 0 Å². The summed E-state index contributed by atoms with van der Waals surface area (Å²) >= 11 is 6.33. The summed E-state index contributed by atoms with van der Waals surface area (Å²) < 4.78 is 25.1. The van der Waals surface area contributed by atoms with Gasteiger partial charge in [0.15, 0.2) is 18.1 Å². The molecule has 2 aromatic heterocycles. The maximum Gasteiger partial charge on any atom is 0.408 e. The Labute approximate surface area is 298 Å². The Hall–Kier alpha value is -5.59. The van der Waals surface area contributed by atoms with Gasteiger partial charge in [-0.1, -0.05) is 90.5 Å². The molecule has 51 heavy (non-hydrogen) atoms. The van der Waals surface area contributed by atoms with Gasteiger partial charge in [-0.05, 0) is 35.7 Å². The summed E-state index contributed by atoms with van der Waals surface area (Å²) in [5, 5.41) is 3.50. The maximum atomic E-state index is 14.3. The summed E-state index contributed by atoms with van der Waals surface area (Å²) in [4.78, 5) is 61.3. The Bertz CT molecular complexity index is 1980. The van der Waals surface area contributed by atoms with E-state index in [-0.39, 0.29) is 37.0 Å². The molecule has 1 aliphatic heterocycles. The summed E-state index contributed by atoms with van der Waals surface area (Å²) in [6.07, 6.45) is -0.763. The highest BCUT2D eigenvalue weighted by Crippen LogP contribution is 2.41. The first-order chi connectivity index (χ1) is 24.8. The molecule has 5 atom stereocenters. The molecule has 0 radical (unpaired) electrons. The molecule has 3 heterocycles. The minimum Gasteiger partial charge on any atom is -0.459 e. The van der Waals surface area contributed by atoms with Gasteiger partial charge in [0.1, 0.15) is 36.4 Å². The van der Waals surface area contributed by atoms with Crippen molar-refractivity contribution in [3.63, 3.8) is 0 Å². The molecule has 1 N–H and O–H groups in total. The van der Waals surface area contributed by atoms with Crippen molar-refractivity contribution in [3.05, 3.63) is 131 Å². The van der Waals surface area contributed by atoms with E-state index in [2.05, 4.69) is 15.3 Å². The molecule has 0 saturated carbocycles. The van der Waals surface area contributed by atoms with Gasteiger partial charge in [0.05, 0.1) is 17.0 Å². The van der Waals surface area contributed by atoms with Crippen LogP contribution >= 0.6 is 11.6 Å². The average Bonchev–Trinajstić information content (AvgIpc) is 3.72. The number of fused-ring (bicyclic) bond motifs is 1. The van der Waals surface area contributed by atoms with E-state index in [4.69, 9.17) is 30.5 Å². The van der Waals surface area contributed by atoms with E-state index in [1.807, 2.05) is 60.7 Å². The molecule has 262 valence electrons. The average molecular weight is 711 g/mol. The quantitative estimate of drug-likeness (QED) is 0.0892. The summed E-state index contributed by atoms with van der Waals surface area (Å²) in [5.74, 6) is -2.39. The number of rotatable bonds is 13. The zero-order valence-electron chi connectivity index (χ0n) is 27.6. The molecule has 3 aromatic carbocycles. The first-order valence-electron chi connectivity index (χ1n) is 16.3. The molecule has 1 fully saturated rings. The van der Waals surface area contributed by atoms with Gasteiger partial charge >= 0.3 is 18.0 Å². The lowest BCUT2D eigenvalue weighted by Crippen LogP contribution is -2.45. The molecule has 12 nitrogen and oxygen atoms in total. The fourth-order valence-electron chi connectivity index (χ4n) is 6.09. The number of carbonyl (C=O) groups is 4. The topological polar surface area (TPSA) is 148 Å². The van der Waals surface area contributed by atoms with Gasteiger partial charge in [0.25, 0.3) is 0 Å². The predicted octanol–water partition coefficient (Wildman–Crippen LogP) is 5.88. The minimum absolute atomic E-state index is 0.0127. The van der Waals surface area contributed by atoms with Crippen LogP contribution in [-0.4, -0.2) is 63.2 Å². The number of benzene rings is 3. The van der Waals surface area contributed by atoms with Crippen molar-refractivity contribution in [2.24, 2.45) is 5.92 Å². The van der Waals surface area contributed by atoms with Gasteiger partial charge in [0, 0.05) is 25.5 Å². The number of carbonyl (C=O) groups excluding carboxylic acids is 4. The molecule has 0 bridgehead atoms. The van der Waals surface area contributed by atoms with Crippen LogP contribution in [0, 0.1) is 5.92 Å². The number of halogens is 1. The Morgan fingerprint density at radius 1 is 0.882 bits per heavy atom. The Morgan fingerprint density at radius 3 is 2.24 bits per heavy atom. The van der Waals surface area contributed by atoms with Crippen LogP contribution in [0.2, 0.25) is 5.15 Å². The summed E-state index contributed by atoms with van der Waals surface area (Å²) in [6, 6.07) is 27.5. The Morgan fingerprint density at radius 2 is 1.55 bits per heavy atom.